The third kappa shape index (κ3) is 2.06. The van der Waals surface area contributed by atoms with Gasteiger partial charge in [0, 0.05) is 26.2 Å². The zero-order valence-corrected chi connectivity index (χ0v) is 9.68. The van der Waals surface area contributed by atoms with Crippen molar-refractivity contribution in [2.24, 2.45) is 0 Å². The van der Waals surface area contributed by atoms with E-state index in [9.17, 15) is 4.79 Å². The van der Waals surface area contributed by atoms with Gasteiger partial charge in [-0.3, -0.25) is 4.79 Å². The molecule has 0 bridgehead atoms. The number of amides is 1. The number of carbonyl (C=O) groups excluding carboxylic acids is 1. The van der Waals surface area contributed by atoms with Crippen molar-refractivity contribution < 1.29 is 4.79 Å². The summed E-state index contributed by atoms with van der Waals surface area (Å²) in [7, 11) is 0. The van der Waals surface area contributed by atoms with Crippen LogP contribution in [0.2, 0.25) is 0 Å². The molecule has 2 heterocycles. The van der Waals surface area contributed by atoms with Gasteiger partial charge < -0.3 is 10.2 Å². The first-order chi connectivity index (χ1) is 7.70. The molecule has 1 fully saturated rings. The molecule has 6 nitrogen and oxygen atoms in total. The number of aromatic nitrogens is 3. The van der Waals surface area contributed by atoms with Gasteiger partial charge >= 0.3 is 0 Å². The molecule has 16 heavy (non-hydrogen) atoms. The first-order valence-corrected chi connectivity index (χ1v) is 5.56. The molecule has 1 unspecified atom stereocenters. The third-order valence-corrected chi connectivity index (χ3v) is 2.91. The Bertz CT molecular complexity index is 369. The number of hydrogen-bond acceptors (Lipinski definition) is 4. The second-order valence-corrected chi connectivity index (χ2v) is 4.07. The predicted molar refractivity (Wildman–Crippen MR) is 58.9 cm³/mol. The molecule has 1 aromatic rings. The predicted octanol–water partition coefficient (Wildman–Crippen LogP) is -0.421. The lowest BCUT2D eigenvalue weighted by atomic mass is 10.2. The lowest BCUT2D eigenvalue weighted by Gasteiger charge is -2.29. The van der Waals surface area contributed by atoms with E-state index in [-0.39, 0.29) is 11.9 Å². The van der Waals surface area contributed by atoms with Crippen LogP contribution in [-0.4, -0.2) is 52.0 Å². The number of piperazine rings is 1. The topological polar surface area (TPSA) is 63.1 Å². The number of carbonyl (C=O) groups is 1. The van der Waals surface area contributed by atoms with Gasteiger partial charge in [-0.2, -0.15) is 0 Å². The van der Waals surface area contributed by atoms with Gasteiger partial charge in [0.1, 0.15) is 6.04 Å². The van der Waals surface area contributed by atoms with E-state index in [1.54, 1.807) is 10.9 Å². The molecule has 0 aromatic carbocycles. The highest BCUT2D eigenvalue weighted by atomic mass is 16.2. The van der Waals surface area contributed by atoms with Crippen molar-refractivity contribution in [1.29, 1.82) is 0 Å². The van der Waals surface area contributed by atoms with E-state index in [1.807, 2.05) is 18.7 Å². The van der Waals surface area contributed by atoms with Gasteiger partial charge in [-0.25, -0.2) is 4.68 Å². The molecule has 1 aromatic heterocycles. The monoisotopic (exact) mass is 223 g/mol. The van der Waals surface area contributed by atoms with E-state index in [1.165, 1.54) is 0 Å². The summed E-state index contributed by atoms with van der Waals surface area (Å²) in [5, 5.41) is 11.0. The lowest BCUT2D eigenvalue weighted by molar-refractivity contribution is -0.135. The summed E-state index contributed by atoms with van der Waals surface area (Å²) < 4.78 is 1.67. The zero-order chi connectivity index (χ0) is 11.5. The van der Waals surface area contributed by atoms with E-state index in [0.717, 1.165) is 31.9 Å². The Balaban J connectivity index is 2.06. The summed E-state index contributed by atoms with van der Waals surface area (Å²) in [5.74, 6) is 0.120. The van der Waals surface area contributed by atoms with Crippen LogP contribution in [0.1, 0.15) is 18.7 Å². The van der Waals surface area contributed by atoms with Crippen LogP contribution in [0.3, 0.4) is 0 Å². The maximum Gasteiger partial charge on any atom is 0.247 e. The minimum atomic E-state index is -0.263. The summed E-state index contributed by atoms with van der Waals surface area (Å²) in [4.78, 5) is 14.0. The Morgan fingerprint density at radius 3 is 2.75 bits per heavy atom. The third-order valence-electron chi connectivity index (χ3n) is 2.91. The van der Waals surface area contributed by atoms with Crippen molar-refractivity contribution in [2.45, 2.75) is 19.9 Å². The van der Waals surface area contributed by atoms with Crippen LogP contribution in [0.25, 0.3) is 0 Å². The van der Waals surface area contributed by atoms with Crippen LogP contribution in [-0.2, 0) is 4.79 Å². The highest BCUT2D eigenvalue weighted by molar-refractivity contribution is 5.80. The molecule has 0 radical (unpaired) electrons. The van der Waals surface area contributed by atoms with Crippen LogP contribution < -0.4 is 5.32 Å². The Morgan fingerprint density at radius 2 is 2.19 bits per heavy atom. The largest absolute Gasteiger partial charge is 0.338 e. The van der Waals surface area contributed by atoms with Gasteiger partial charge in [0.25, 0.3) is 0 Å². The van der Waals surface area contributed by atoms with Crippen LogP contribution >= 0.6 is 0 Å². The summed E-state index contributed by atoms with van der Waals surface area (Å²) in [6.45, 7) is 7.06. The maximum atomic E-state index is 12.2. The van der Waals surface area contributed by atoms with E-state index in [4.69, 9.17) is 0 Å². The standard InChI is InChI=1S/C10H17N5O/c1-8-7-12-13-15(8)9(2)10(16)14-5-3-11-4-6-14/h7,9,11H,3-6H2,1-2H3. The Morgan fingerprint density at radius 1 is 1.50 bits per heavy atom. The van der Waals surface area contributed by atoms with Gasteiger partial charge in [0.2, 0.25) is 5.91 Å². The van der Waals surface area contributed by atoms with Gasteiger partial charge in [0.05, 0.1) is 11.9 Å². The van der Waals surface area contributed by atoms with E-state index in [2.05, 4.69) is 15.6 Å². The summed E-state index contributed by atoms with van der Waals surface area (Å²) in [6.07, 6.45) is 1.67. The second-order valence-electron chi connectivity index (χ2n) is 4.07. The number of aryl methyl sites for hydroxylation is 1. The fourth-order valence-corrected chi connectivity index (χ4v) is 1.93. The Labute approximate surface area is 94.6 Å². The number of rotatable bonds is 2. The number of nitrogens with zero attached hydrogens (tertiary/aromatic N) is 4. The van der Waals surface area contributed by atoms with Crippen molar-refractivity contribution in [3.05, 3.63) is 11.9 Å². The molecule has 1 atom stereocenters. The Kier molecular flexibility index (Phi) is 3.19. The molecule has 0 spiro atoms. The fraction of sp³-hybridized carbons (Fsp3) is 0.700. The van der Waals surface area contributed by atoms with Crippen LogP contribution in [0.5, 0.6) is 0 Å². The quantitative estimate of drug-likeness (QED) is 0.739. The molecule has 0 aliphatic carbocycles. The molecule has 1 aliphatic heterocycles. The molecule has 0 saturated carbocycles. The molecule has 6 heteroatoms. The SMILES string of the molecule is Cc1cnnn1C(C)C(=O)N1CCNCC1. The lowest BCUT2D eigenvalue weighted by Crippen LogP contribution is -2.48. The first-order valence-electron chi connectivity index (χ1n) is 5.56. The minimum Gasteiger partial charge on any atom is -0.338 e. The summed E-state index contributed by atoms with van der Waals surface area (Å²) in [6, 6.07) is -0.263. The summed E-state index contributed by atoms with van der Waals surface area (Å²) >= 11 is 0. The maximum absolute atomic E-state index is 12.2. The van der Waals surface area contributed by atoms with Crippen molar-refractivity contribution in [3.8, 4) is 0 Å². The van der Waals surface area contributed by atoms with E-state index >= 15 is 0 Å². The molecule has 2 rings (SSSR count). The van der Waals surface area contributed by atoms with Crippen molar-refractivity contribution in [2.75, 3.05) is 26.2 Å². The van der Waals surface area contributed by atoms with Crippen molar-refractivity contribution >= 4 is 5.91 Å². The van der Waals surface area contributed by atoms with E-state index < -0.39 is 0 Å². The number of nitrogens with one attached hydrogen (secondary N) is 1. The normalized spacial score (nSPS) is 18.5. The molecule has 1 N–H and O–H groups in total. The molecule has 1 saturated heterocycles. The highest BCUT2D eigenvalue weighted by Crippen LogP contribution is 2.11. The van der Waals surface area contributed by atoms with Gasteiger partial charge in [-0.1, -0.05) is 5.21 Å². The second kappa shape index (κ2) is 4.61. The van der Waals surface area contributed by atoms with Crippen LogP contribution in [0, 0.1) is 6.92 Å². The molecule has 1 aliphatic rings. The average molecular weight is 223 g/mol. The smallest absolute Gasteiger partial charge is 0.247 e. The Hall–Kier alpha value is -1.43. The zero-order valence-electron chi connectivity index (χ0n) is 9.68. The van der Waals surface area contributed by atoms with Gasteiger partial charge in [-0.15, -0.1) is 5.10 Å². The highest BCUT2D eigenvalue weighted by Gasteiger charge is 2.24. The van der Waals surface area contributed by atoms with Gasteiger partial charge in [-0.05, 0) is 13.8 Å². The van der Waals surface area contributed by atoms with Crippen molar-refractivity contribution in [1.82, 2.24) is 25.2 Å². The van der Waals surface area contributed by atoms with Crippen molar-refractivity contribution in [3.63, 3.8) is 0 Å². The molecular formula is C10H17N5O. The summed E-state index contributed by atoms with van der Waals surface area (Å²) in [5.41, 5.74) is 0.913. The molecule has 88 valence electrons. The fourth-order valence-electron chi connectivity index (χ4n) is 1.93. The number of hydrogen-bond donors (Lipinski definition) is 1. The minimum absolute atomic E-state index is 0.120. The molecule has 1 amide bonds. The van der Waals surface area contributed by atoms with Crippen LogP contribution in [0.15, 0.2) is 6.20 Å². The van der Waals surface area contributed by atoms with E-state index in [0.29, 0.717) is 0 Å². The van der Waals surface area contributed by atoms with Gasteiger partial charge in [0.15, 0.2) is 0 Å². The first kappa shape index (κ1) is 11.1. The van der Waals surface area contributed by atoms with Crippen LogP contribution in [0.4, 0.5) is 0 Å². The molecular weight excluding hydrogens is 206 g/mol. The average Bonchev–Trinajstić information content (AvgIpc) is 2.75.